The zero-order valence-electron chi connectivity index (χ0n) is 12.8. The van der Waals surface area contributed by atoms with Gasteiger partial charge in [-0.1, -0.05) is 24.3 Å². The van der Waals surface area contributed by atoms with Crippen LogP contribution in [0.4, 0.5) is 14.5 Å². The third-order valence-corrected chi connectivity index (χ3v) is 3.34. The van der Waals surface area contributed by atoms with Crippen molar-refractivity contribution in [1.82, 2.24) is 5.32 Å². The molecule has 0 heterocycles. The maximum Gasteiger partial charge on any atom is 0.313 e. The lowest BCUT2D eigenvalue weighted by Crippen LogP contribution is -2.43. The second-order valence-electron chi connectivity index (χ2n) is 5.40. The Hall–Kier alpha value is -2.80. The third kappa shape index (κ3) is 4.36. The summed E-state index contributed by atoms with van der Waals surface area (Å²) in [5.74, 6) is -3.63. The summed E-state index contributed by atoms with van der Waals surface area (Å²) in [6, 6.07) is 11.1. The molecule has 0 aliphatic carbocycles. The highest BCUT2D eigenvalue weighted by Gasteiger charge is 2.28. The van der Waals surface area contributed by atoms with Gasteiger partial charge in [-0.25, -0.2) is 8.78 Å². The Labute approximate surface area is 137 Å². The predicted octanol–water partition coefficient (Wildman–Crippen LogP) is 1.93. The SMILES string of the molecule is CC(O)(CNC(=O)C(=O)Nc1ccccc1)c1ccc(F)cc1F. The second kappa shape index (κ2) is 7.18. The van der Waals surface area contributed by atoms with Gasteiger partial charge in [0.1, 0.15) is 17.2 Å². The molecule has 2 amide bonds. The van der Waals surface area contributed by atoms with Gasteiger partial charge in [0.15, 0.2) is 0 Å². The van der Waals surface area contributed by atoms with Crippen LogP contribution in [0.15, 0.2) is 48.5 Å². The van der Waals surface area contributed by atoms with E-state index in [4.69, 9.17) is 0 Å². The van der Waals surface area contributed by atoms with E-state index in [1.54, 1.807) is 30.3 Å². The normalized spacial score (nSPS) is 13.0. The van der Waals surface area contributed by atoms with Crippen LogP contribution in [0.5, 0.6) is 0 Å². The molecule has 0 spiro atoms. The van der Waals surface area contributed by atoms with Crippen molar-refractivity contribution in [3.05, 3.63) is 65.7 Å². The van der Waals surface area contributed by atoms with Crippen molar-refractivity contribution >= 4 is 17.5 Å². The van der Waals surface area contributed by atoms with Crippen LogP contribution in [0.25, 0.3) is 0 Å². The van der Waals surface area contributed by atoms with Crippen molar-refractivity contribution in [2.45, 2.75) is 12.5 Å². The minimum Gasteiger partial charge on any atom is -0.383 e. The van der Waals surface area contributed by atoms with Crippen molar-refractivity contribution in [1.29, 1.82) is 0 Å². The minimum atomic E-state index is -1.81. The summed E-state index contributed by atoms with van der Waals surface area (Å²) in [7, 11) is 0. The molecule has 2 rings (SSSR count). The van der Waals surface area contributed by atoms with Gasteiger partial charge in [0.2, 0.25) is 0 Å². The average Bonchev–Trinajstić information content (AvgIpc) is 2.53. The van der Waals surface area contributed by atoms with Gasteiger partial charge in [-0.3, -0.25) is 9.59 Å². The van der Waals surface area contributed by atoms with Crippen molar-refractivity contribution in [2.24, 2.45) is 0 Å². The molecular formula is C17H16F2N2O3. The van der Waals surface area contributed by atoms with Crippen molar-refractivity contribution in [2.75, 3.05) is 11.9 Å². The molecule has 2 aromatic carbocycles. The number of carbonyl (C=O) groups excluding carboxylic acids is 2. The van der Waals surface area contributed by atoms with Gasteiger partial charge in [0.05, 0.1) is 6.54 Å². The Morgan fingerprint density at radius 2 is 1.75 bits per heavy atom. The van der Waals surface area contributed by atoms with Crippen molar-refractivity contribution in [3.63, 3.8) is 0 Å². The van der Waals surface area contributed by atoms with Crippen LogP contribution in [0.1, 0.15) is 12.5 Å². The molecule has 0 saturated heterocycles. The van der Waals surface area contributed by atoms with Gasteiger partial charge in [-0.15, -0.1) is 0 Å². The Balaban J connectivity index is 1.98. The Kier molecular flexibility index (Phi) is 5.25. The first-order valence-corrected chi connectivity index (χ1v) is 7.12. The lowest BCUT2D eigenvalue weighted by molar-refractivity contribution is -0.136. The van der Waals surface area contributed by atoms with Gasteiger partial charge < -0.3 is 15.7 Å². The highest BCUT2D eigenvalue weighted by molar-refractivity contribution is 6.39. The summed E-state index contributed by atoms with van der Waals surface area (Å²) in [5, 5.41) is 14.9. The smallest absolute Gasteiger partial charge is 0.313 e. The molecule has 1 unspecified atom stereocenters. The molecule has 3 N–H and O–H groups in total. The number of anilines is 1. The van der Waals surface area contributed by atoms with E-state index in [0.717, 1.165) is 12.1 Å². The highest BCUT2D eigenvalue weighted by atomic mass is 19.1. The van der Waals surface area contributed by atoms with E-state index in [9.17, 15) is 23.5 Å². The topological polar surface area (TPSA) is 78.4 Å². The quantitative estimate of drug-likeness (QED) is 0.748. The van der Waals surface area contributed by atoms with E-state index < -0.39 is 35.6 Å². The van der Waals surface area contributed by atoms with E-state index >= 15 is 0 Å². The van der Waals surface area contributed by atoms with E-state index in [0.29, 0.717) is 11.8 Å². The number of aliphatic hydroxyl groups is 1. The number of nitrogens with one attached hydrogen (secondary N) is 2. The first kappa shape index (κ1) is 17.6. The molecule has 0 bridgehead atoms. The lowest BCUT2D eigenvalue weighted by atomic mass is 9.95. The van der Waals surface area contributed by atoms with Crippen LogP contribution < -0.4 is 10.6 Å². The molecule has 1 atom stereocenters. The fourth-order valence-corrected chi connectivity index (χ4v) is 2.06. The second-order valence-corrected chi connectivity index (χ2v) is 5.40. The predicted molar refractivity (Wildman–Crippen MR) is 84.0 cm³/mol. The first-order valence-electron chi connectivity index (χ1n) is 7.12. The summed E-state index contributed by atoms with van der Waals surface area (Å²) < 4.78 is 26.6. The zero-order valence-corrected chi connectivity index (χ0v) is 12.8. The van der Waals surface area contributed by atoms with Crippen molar-refractivity contribution < 1.29 is 23.5 Å². The average molecular weight is 334 g/mol. The van der Waals surface area contributed by atoms with Crippen LogP contribution >= 0.6 is 0 Å². The molecule has 126 valence electrons. The standard InChI is InChI=1S/C17H16F2N2O3/c1-17(24,13-8-7-11(18)9-14(13)19)10-20-15(22)16(23)21-12-5-3-2-4-6-12/h2-9,24H,10H2,1H3,(H,20,22)(H,21,23). The van der Waals surface area contributed by atoms with Gasteiger partial charge in [0, 0.05) is 17.3 Å². The number of para-hydroxylation sites is 1. The summed E-state index contributed by atoms with van der Waals surface area (Å²) in [6.07, 6.45) is 0. The number of rotatable bonds is 4. The van der Waals surface area contributed by atoms with Crippen LogP contribution in [0, 0.1) is 11.6 Å². The molecule has 24 heavy (non-hydrogen) atoms. The van der Waals surface area contributed by atoms with E-state index in [1.165, 1.54) is 6.92 Å². The number of hydrogen-bond acceptors (Lipinski definition) is 3. The van der Waals surface area contributed by atoms with Crippen LogP contribution in [0.3, 0.4) is 0 Å². The summed E-state index contributed by atoms with van der Waals surface area (Å²) in [5.41, 5.74) is -1.55. The molecule has 0 radical (unpaired) electrons. The number of hydrogen-bond donors (Lipinski definition) is 3. The van der Waals surface area contributed by atoms with Crippen LogP contribution in [-0.4, -0.2) is 23.5 Å². The minimum absolute atomic E-state index is 0.187. The van der Waals surface area contributed by atoms with E-state index in [-0.39, 0.29) is 5.56 Å². The lowest BCUT2D eigenvalue weighted by Gasteiger charge is -2.24. The van der Waals surface area contributed by atoms with E-state index in [2.05, 4.69) is 10.6 Å². The largest absolute Gasteiger partial charge is 0.383 e. The van der Waals surface area contributed by atoms with Gasteiger partial charge in [-0.05, 0) is 25.1 Å². The monoisotopic (exact) mass is 334 g/mol. The zero-order chi connectivity index (χ0) is 17.7. The molecule has 0 aromatic heterocycles. The summed E-state index contributed by atoms with van der Waals surface area (Å²) in [6.45, 7) is 0.829. The Morgan fingerprint density at radius 3 is 2.38 bits per heavy atom. The van der Waals surface area contributed by atoms with Crippen molar-refractivity contribution in [3.8, 4) is 0 Å². The third-order valence-electron chi connectivity index (χ3n) is 3.34. The molecule has 0 fully saturated rings. The molecule has 0 aliphatic rings. The number of carbonyl (C=O) groups is 2. The fraction of sp³-hybridized carbons (Fsp3) is 0.176. The molecule has 7 heteroatoms. The van der Waals surface area contributed by atoms with Gasteiger partial charge in [0.25, 0.3) is 0 Å². The molecule has 0 saturated carbocycles. The maximum atomic E-state index is 13.7. The number of amides is 2. The summed E-state index contributed by atoms with van der Waals surface area (Å²) in [4.78, 5) is 23.5. The molecule has 5 nitrogen and oxygen atoms in total. The first-order chi connectivity index (χ1) is 11.3. The fourth-order valence-electron chi connectivity index (χ4n) is 2.06. The maximum absolute atomic E-state index is 13.7. The van der Waals surface area contributed by atoms with Crippen LogP contribution in [-0.2, 0) is 15.2 Å². The molecule has 2 aromatic rings. The van der Waals surface area contributed by atoms with Gasteiger partial charge >= 0.3 is 11.8 Å². The Bertz CT molecular complexity index is 749. The van der Waals surface area contributed by atoms with Crippen LogP contribution in [0.2, 0.25) is 0 Å². The Morgan fingerprint density at radius 1 is 1.08 bits per heavy atom. The number of halogens is 2. The number of benzene rings is 2. The summed E-state index contributed by atoms with van der Waals surface area (Å²) >= 11 is 0. The highest BCUT2D eigenvalue weighted by Crippen LogP contribution is 2.23. The molecule has 0 aliphatic heterocycles. The van der Waals surface area contributed by atoms with E-state index in [1.807, 2.05) is 0 Å². The van der Waals surface area contributed by atoms with Gasteiger partial charge in [-0.2, -0.15) is 0 Å². The molecular weight excluding hydrogens is 318 g/mol.